The number of hydrogen-bond acceptors (Lipinski definition) is 3. The molecule has 1 aliphatic heterocycles. The Morgan fingerprint density at radius 3 is 2.35 bits per heavy atom. The summed E-state index contributed by atoms with van der Waals surface area (Å²) < 4.78 is 0. The standard InChI is InChI=1S/C18H30N2O3/c1-12(21)16(19-17(22)14-9-10-14)18(23)20-11-5-8-15(20)13-6-3-2-4-7-13/h12-16,21H,2-11H2,1H3,(H,19,22). The third-order valence-corrected chi connectivity index (χ3v) is 5.77. The molecule has 1 saturated heterocycles. The molecule has 5 nitrogen and oxygen atoms in total. The van der Waals surface area contributed by atoms with Crippen LogP contribution in [0.25, 0.3) is 0 Å². The highest BCUT2D eigenvalue weighted by Gasteiger charge is 2.41. The molecule has 0 aromatic heterocycles. The molecule has 5 heteroatoms. The maximum absolute atomic E-state index is 13.0. The lowest BCUT2D eigenvalue weighted by atomic mass is 9.83. The number of hydrogen-bond donors (Lipinski definition) is 2. The predicted octanol–water partition coefficient (Wildman–Crippen LogP) is 1.83. The highest BCUT2D eigenvalue weighted by atomic mass is 16.3. The Labute approximate surface area is 138 Å². The summed E-state index contributed by atoms with van der Waals surface area (Å²) in [4.78, 5) is 27.0. The van der Waals surface area contributed by atoms with Gasteiger partial charge in [0.15, 0.2) is 0 Å². The average molecular weight is 322 g/mol. The van der Waals surface area contributed by atoms with Gasteiger partial charge in [0.25, 0.3) is 0 Å². The van der Waals surface area contributed by atoms with Gasteiger partial charge in [-0.1, -0.05) is 19.3 Å². The fourth-order valence-electron chi connectivity index (χ4n) is 4.26. The fraction of sp³-hybridized carbons (Fsp3) is 0.889. The summed E-state index contributed by atoms with van der Waals surface area (Å²) >= 11 is 0. The van der Waals surface area contributed by atoms with Gasteiger partial charge >= 0.3 is 0 Å². The average Bonchev–Trinajstić information content (AvgIpc) is 3.29. The second kappa shape index (κ2) is 7.20. The van der Waals surface area contributed by atoms with Crippen LogP contribution < -0.4 is 5.32 Å². The molecule has 0 radical (unpaired) electrons. The Hall–Kier alpha value is -1.10. The Kier molecular flexibility index (Phi) is 5.24. The van der Waals surface area contributed by atoms with Gasteiger partial charge in [-0.05, 0) is 51.4 Å². The molecule has 3 fully saturated rings. The Morgan fingerprint density at radius 1 is 1.04 bits per heavy atom. The van der Waals surface area contributed by atoms with Crippen LogP contribution in [0.15, 0.2) is 0 Å². The van der Waals surface area contributed by atoms with Gasteiger partial charge in [0, 0.05) is 18.5 Å². The lowest BCUT2D eigenvalue weighted by Crippen LogP contribution is -2.56. The number of nitrogens with zero attached hydrogens (tertiary/aromatic N) is 1. The summed E-state index contributed by atoms with van der Waals surface area (Å²) in [5.41, 5.74) is 0. The van der Waals surface area contributed by atoms with Gasteiger partial charge in [-0.25, -0.2) is 0 Å². The van der Waals surface area contributed by atoms with E-state index < -0.39 is 12.1 Å². The molecule has 2 aliphatic carbocycles. The summed E-state index contributed by atoms with van der Waals surface area (Å²) in [5.74, 6) is 0.500. The van der Waals surface area contributed by atoms with Crippen LogP contribution >= 0.6 is 0 Å². The molecule has 0 aromatic rings. The number of likely N-dealkylation sites (tertiary alicyclic amines) is 1. The summed E-state index contributed by atoms with van der Waals surface area (Å²) in [7, 11) is 0. The highest BCUT2D eigenvalue weighted by molar-refractivity contribution is 5.90. The van der Waals surface area contributed by atoms with Crippen molar-refractivity contribution in [3.63, 3.8) is 0 Å². The fourth-order valence-corrected chi connectivity index (χ4v) is 4.26. The van der Waals surface area contributed by atoms with Crippen molar-refractivity contribution in [2.75, 3.05) is 6.54 Å². The van der Waals surface area contributed by atoms with Gasteiger partial charge in [-0.15, -0.1) is 0 Å². The van der Waals surface area contributed by atoms with E-state index in [0.29, 0.717) is 12.0 Å². The first kappa shape index (κ1) is 16.7. The number of rotatable bonds is 5. The largest absolute Gasteiger partial charge is 0.391 e. The van der Waals surface area contributed by atoms with Crippen molar-refractivity contribution in [3.05, 3.63) is 0 Å². The van der Waals surface area contributed by atoms with Crippen LogP contribution in [0.2, 0.25) is 0 Å². The van der Waals surface area contributed by atoms with Crippen molar-refractivity contribution in [1.29, 1.82) is 0 Å². The molecule has 0 spiro atoms. The lowest BCUT2D eigenvalue weighted by molar-refractivity contribution is -0.141. The Morgan fingerprint density at radius 2 is 1.74 bits per heavy atom. The van der Waals surface area contributed by atoms with Crippen molar-refractivity contribution >= 4 is 11.8 Å². The first-order chi connectivity index (χ1) is 11.1. The van der Waals surface area contributed by atoms with E-state index in [1.165, 1.54) is 32.1 Å². The molecular formula is C18H30N2O3. The van der Waals surface area contributed by atoms with Crippen molar-refractivity contribution in [3.8, 4) is 0 Å². The zero-order chi connectivity index (χ0) is 16.4. The van der Waals surface area contributed by atoms with E-state index in [4.69, 9.17) is 0 Å². The van der Waals surface area contributed by atoms with Gasteiger partial charge in [0.1, 0.15) is 6.04 Å². The number of amides is 2. The van der Waals surface area contributed by atoms with Crippen LogP contribution in [0, 0.1) is 11.8 Å². The number of aliphatic hydroxyl groups is 1. The zero-order valence-electron chi connectivity index (χ0n) is 14.2. The third-order valence-electron chi connectivity index (χ3n) is 5.77. The van der Waals surface area contributed by atoms with Crippen LogP contribution in [0.5, 0.6) is 0 Å². The van der Waals surface area contributed by atoms with Gasteiger partial charge < -0.3 is 15.3 Å². The molecular weight excluding hydrogens is 292 g/mol. The summed E-state index contributed by atoms with van der Waals surface area (Å²) in [6.45, 7) is 2.37. The van der Waals surface area contributed by atoms with Gasteiger partial charge in [-0.2, -0.15) is 0 Å². The van der Waals surface area contributed by atoms with Gasteiger partial charge in [0.2, 0.25) is 11.8 Å². The summed E-state index contributed by atoms with van der Waals surface area (Å²) in [6, 6.07) is -0.478. The topological polar surface area (TPSA) is 69.6 Å². The monoisotopic (exact) mass is 322 g/mol. The van der Waals surface area contributed by atoms with E-state index in [1.807, 2.05) is 4.90 Å². The number of aliphatic hydroxyl groups excluding tert-OH is 1. The number of carbonyl (C=O) groups excluding carboxylic acids is 2. The molecule has 1 heterocycles. The second-order valence-electron chi connectivity index (χ2n) is 7.64. The molecule has 130 valence electrons. The highest BCUT2D eigenvalue weighted by Crippen LogP contribution is 2.35. The molecule has 2 saturated carbocycles. The van der Waals surface area contributed by atoms with Crippen LogP contribution in [-0.2, 0) is 9.59 Å². The number of carbonyl (C=O) groups is 2. The minimum absolute atomic E-state index is 0.0526. The van der Waals surface area contributed by atoms with E-state index in [1.54, 1.807) is 6.92 Å². The van der Waals surface area contributed by atoms with Crippen LogP contribution in [0.4, 0.5) is 0 Å². The first-order valence-electron chi connectivity index (χ1n) is 9.37. The molecule has 3 unspecified atom stereocenters. The number of nitrogens with one attached hydrogen (secondary N) is 1. The Bertz CT molecular complexity index is 442. The normalized spacial score (nSPS) is 28.4. The van der Waals surface area contributed by atoms with E-state index in [-0.39, 0.29) is 17.7 Å². The lowest BCUT2D eigenvalue weighted by Gasteiger charge is -2.36. The molecule has 2 N–H and O–H groups in total. The van der Waals surface area contributed by atoms with Crippen molar-refractivity contribution < 1.29 is 14.7 Å². The predicted molar refractivity (Wildman–Crippen MR) is 87.6 cm³/mol. The molecule has 3 rings (SSSR count). The SMILES string of the molecule is CC(O)C(NC(=O)C1CC1)C(=O)N1CCCC1C1CCCCC1. The Balaban J connectivity index is 1.66. The van der Waals surface area contributed by atoms with Crippen LogP contribution in [0.3, 0.4) is 0 Å². The van der Waals surface area contributed by atoms with Gasteiger partial charge in [0.05, 0.1) is 6.10 Å². The first-order valence-corrected chi connectivity index (χ1v) is 9.37. The molecule has 3 atom stereocenters. The van der Waals surface area contributed by atoms with Crippen molar-refractivity contribution in [2.45, 2.75) is 82.9 Å². The minimum atomic E-state index is -0.849. The zero-order valence-corrected chi connectivity index (χ0v) is 14.2. The molecule has 2 amide bonds. The smallest absolute Gasteiger partial charge is 0.248 e. The van der Waals surface area contributed by atoms with Crippen LogP contribution in [0.1, 0.15) is 64.7 Å². The molecule has 3 aliphatic rings. The minimum Gasteiger partial charge on any atom is -0.391 e. The molecule has 23 heavy (non-hydrogen) atoms. The quantitative estimate of drug-likeness (QED) is 0.811. The van der Waals surface area contributed by atoms with E-state index in [0.717, 1.165) is 32.2 Å². The second-order valence-corrected chi connectivity index (χ2v) is 7.64. The van der Waals surface area contributed by atoms with Crippen LogP contribution in [-0.4, -0.2) is 46.6 Å². The van der Waals surface area contributed by atoms with E-state index in [9.17, 15) is 14.7 Å². The summed E-state index contributed by atoms with van der Waals surface area (Å²) in [6.07, 6.45) is 9.33. The third kappa shape index (κ3) is 3.87. The molecule has 0 aromatic carbocycles. The maximum atomic E-state index is 13.0. The van der Waals surface area contributed by atoms with E-state index in [2.05, 4.69) is 5.32 Å². The molecule has 0 bridgehead atoms. The van der Waals surface area contributed by atoms with Gasteiger partial charge in [-0.3, -0.25) is 9.59 Å². The van der Waals surface area contributed by atoms with E-state index >= 15 is 0 Å². The summed E-state index contributed by atoms with van der Waals surface area (Å²) in [5, 5.41) is 12.8. The van der Waals surface area contributed by atoms with Crippen molar-refractivity contribution in [2.24, 2.45) is 11.8 Å². The maximum Gasteiger partial charge on any atom is 0.248 e. The van der Waals surface area contributed by atoms with Crippen molar-refractivity contribution in [1.82, 2.24) is 10.2 Å².